The van der Waals surface area contributed by atoms with Crippen molar-refractivity contribution in [2.75, 3.05) is 6.54 Å². The third kappa shape index (κ3) is 8.07. The quantitative estimate of drug-likeness (QED) is 0.440. The van der Waals surface area contributed by atoms with E-state index in [0.29, 0.717) is 5.56 Å². The first-order valence-electron chi connectivity index (χ1n) is 8.00. The first kappa shape index (κ1) is 20.9. The lowest BCUT2D eigenvalue weighted by Crippen LogP contribution is -2.17. The van der Waals surface area contributed by atoms with Crippen molar-refractivity contribution in [2.45, 2.75) is 19.4 Å². The molecule has 0 bridgehead atoms. The van der Waals surface area contributed by atoms with E-state index in [2.05, 4.69) is 17.4 Å². The number of carbonyl (C=O) groups is 3. The first-order chi connectivity index (χ1) is 12.4. The number of hydrogen-bond donors (Lipinski definition) is 4. The second kappa shape index (κ2) is 11.4. The van der Waals surface area contributed by atoms with Gasteiger partial charge in [0.25, 0.3) is 0 Å². The van der Waals surface area contributed by atoms with Gasteiger partial charge in [-0.1, -0.05) is 48.5 Å². The average Bonchev–Trinajstić information content (AvgIpc) is 2.63. The fourth-order valence-electron chi connectivity index (χ4n) is 2.21. The summed E-state index contributed by atoms with van der Waals surface area (Å²) in [5, 5.41) is 18.2. The number of carboxylic acids is 2. The Kier molecular flexibility index (Phi) is 9.13. The summed E-state index contributed by atoms with van der Waals surface area (Å²) in [6.45, 7) is 1.79. The van der Waals surface area contributed by atoms with Gasteiger partial charge in [0.05, 0.1) is 0 Å². The normalized spacial score (nSPS) is 9.69. The van der Waals surface area contributed by atoms with Crippen LogP contribution in [-0.4, -0.2) is 34.6 Å². The summed E-state index contributed by atoms with van der Waals surface area (Å²) in [6.07, 6.45) is 1.85. The Balaban J connectivity index is 0.000000487. The molecule has 0 atom stereocenters. The predicted octanol–water partition coefficient (Wildman–Crippen LogP) is 1.66. The highest BCUT2D eigenvalue weighted by atomic mass is 16.4. The van der Waals surface area contributed by atoms with Gasteiger partial charge in [-0.3, -0.25) is 4.79 Å². The van der Waals surface area contributed by atoms with Crippen molar-refractivity contribution in [1.29, 1.82) is 0 Å². The number of rotatable bonds is 7. The highest BCUT2D eigenvalue weighted by molar-refractivity contribution is 6.27. The van der Waals surface area contributed by atoms with Crippen LogP contribution in [0.1, 0.15) is 27.9 Å². The van der Waals surface area contributed by atoms with Gasteiger partial charge in [0.1, 0.15) is 0 Å². The zero-order chi connectivity index (χ0) is 19.4. The molecule has 0 aromatic heterocycles. The third-order valence-corrected chi connectivity index (χ3v) is 3.44. The summed E-state index contributed by atoms with van der Waals surface area (Å²) < 4.78 is 0. The van der Waals surface area contributed by atoms with E-state index in [1.807, 2.05) is 36.4 Å². The van der Waals surface area contributed by atoms with E-state index in [1.54, 1.807) is 6.07 Å². The number of amides is 1. The maximum absolute atomic E-state index is 11.3. The molecule has 0 fully saturated rings. The van der Waals surface area contributed by atoms with Crippen molar-refractivity contribution in [3.63, 3.8) is 0 Å². The summed E-state index contributed by atoms with van der Waals surface area (Å²) in [5.41, 5.74) is 8.31. The predicted molar refractivity (Wildman–Crippen MR) is 96.7 cm³/mol. The van der Waals surface area contributed by atoms with E-state index < -0.39 is 11.9 Å². The smallest absolute Gasteiger partial charge is 0.414 e. The van der Waals surface area contributed by atoms with Gasteiger partial charge in [-0.15, -0.1) is 0 Å². The molecule has 0 aliphatic rings. The minimum absolute atomic E-state index is 0.349. The number of aliphatic carboxylic acids is 2. The summed E-state index contributed by atoms with van der Waals surface area (Å²) in [5.74, 6) is -4.00. The van der Waals surface area contributed by atoms with E-state index in [-0.39, 0.29) is 5.91 Å². The Morgan fingerprint density at radius 1 is 0.885 bits per heavy atom. The number of nitrogens with two attached hydrogens (primary N) is 1. The molecule has 0 heterocycles. The summed E-state index contributed by atoms with van der Waals surface area (Å²) >= 11 is 0. The summed E-state index contributed by atoms with van der Waals surface area (Å²) in [4.78, 5) is 29.5. The largest absolute Gasteiger partial charge is 0.473 e. The molecule has 0 radical (unpaired) electrons. The maximum atomic E-state index is 11.3. The molecule has 7 nitrogen and oxygen atoms in total. The van der Waals surface area contributed by atoms with Crippen LogP contribution in [0.3, 0.4) is 0 Å². The second-order valence-corrected chi connectivity index (χ2v) is 5.40. The van der Waals surface area contributed by atoms with Crippen LogP contribution in [0.4, 0.5) is 0 Å². The number of nitrogens with one attached hydrogen (secondary N) is 1. The summed E-state index contributed by atoms with van der Waals surface area (Å²) in [7, 11) is 0. The SMILES string of the molecule is NC(=O)c1ccccc1CCCNCc1ccccc1.O=C(O)C(=O)O. The molecule has 138 valence electrons. The van der Waals surface area contributed by atoms with E-state index in [4.69, 9.17) is 25.5 Å². The highest BCUT2D eigenvalue weighted by Crippen LogP contribution is 2.10. The highest BCUT2D eigenvalue weighted by Gasteiger charge is 2.06. The van der Waals surface area contributed by atoms with Crippen LogP contribution < -0.4 is 11.1 Å². The van der Waals surface area contributed by atoms with Gasteiger partial charge in [0.15, 0.2) is 0 Å². The van der Waals surface area contributed by atoms with E-state index >= 15 is 0 Å². The van der Waals surface area contributed by atoms with E-state index in [0.717, 1.165) is 31.5 Å². The molecule has 0 spiro atoms. The second-order valence-electron chi connectivity index (χ2n) is 5.40. The Hall–Kier alpha value is -3.19. The van der Waals surface area contributed by atoms with Gasteiger partial charge in [0, 0.05) is 12.1 Å². The van der Waals surface area contributed by atoms with Crippen LogP contribution in [0.5, 0.6) is 0 Å². The van der Waals surface area contributed by atoms with E-state index in [9.17, 15) is 4.79 Å². The number of carboxylic acid groups (broad SMARTS) is 2. The number of hydrogen-bond acceptors (Lipinski definition) is 4. The lowest BCUT2D eigenvalue weighted by Gasteiger charge is -2.07. The molecule has 1 amide bonds. The number of aryl methyl sites for hydroxylation is 1. The van der Waals surface area contributed by atoms with Gasteiger partial charge >= 0.3 is 11.9 Å². The van der Waals surface area contributed by atoms with E-state index in [1.165, 1.54) is 5.56 Å². The molecule has 26 heavy (non-hydrogen) atoms. The molecular weight excluding hydrogens is 336 g/mol. The Bertz CT molecular complexity index is 720. The van der Waals surface area contributed by atoms with Crippen molar-refractivity contribution in [1.82, 2.24) is 5.32 Å². The topological polar surface area (TPSA) is 130 Å². The molecule has 2 aromatic rings. The molecule has 0 aliphatic carbocycles. The van der Waals surface area contributed by atoms with Gasteiger partial charge < -0.3 is 21.3 Å². The monoisotopic (exact) mass is 358 g/mol. The Labute approximate surface area is 151 Å². The van der Waals surface area contributed by atoms with Crippen LogP contribution in [-0.2, 0) is 22.6 Å². The Morgan fingerprint density at radius 3 is 2.04 bits per heavy atom. The van der Waals surface area contributed by atoms with Crippen LogP contribution >= 0.6 is 0 Å². The van der Waals surface area contributed by atoms with Crippen molar-refractivity contribution in [3.8, 4) is 0 Å². The maximum Gasteiger partial charge on any atom is 0.414 e. The minimum atomic E-state index is -1.82. The molecule has 2 aromatic carbocycles. The molecular formula is C19H22N2O5. The number of carbonyl (C=O) groups excluding carboxylic acids is 1. The van der Waals surface area contributed by atoms with Crippen LogP contribution in [0.2, 0.25) is 0 Å². The molecule has 0 saturated carbocycles. The standard InChI is InChI=1S/C17H20N2O.C2H2O4/c18-17(20)16-11-5-4-9-15(16)10-6-12-19-13-14-7-2-1-3-8-14;3-1(4)2(5)6/h1-5,7-9,11,19H,6,10,12-13H2,(H2,18,20);(H,3,4)(H,5,6). The summed E-state index contributed by atoms with van der Waals surface area (Å²) in [6, 6.07) is 17.9. The molecule has 0 saturated heterocycles. The third-order valence-electron chi connectivity index (χ3n) is 3.44. The molecule has 2 rings (SSSR count). The van der Waals surface area contributed by atoms with Crippen molar-refractivity contribution in [2.24, 2.45) is 5.73 Å². The fraction of sp³-hybridized carbons (Fsp3) is 0.211. The number of benzene rings is 2. The van der Waals surface area contributed by atoms with Gasteiger partial charge in [-0.05, 0) is 36.6 Å². The van der Waals surface area contributed by atoms with Crippen molar-refractivity contribution in [3.05, 3.63) is 71.3 Å². The van der Waals surface area contributed by atoms with Crippen LogP contribution in [0, 0.1) is 0 Å². The van der Waals surface area contributed by atoms with Gasteiger partial charge in [-0.2, -0.15) is 0 Å². The average molecular weight is 358 g/mol. The zero-order valence-electron chi connectivity index (χ0n) is 14.2. The lowest BCUT2D eigenvalue weighted by atomic mass is 10.0. The fourth-order valence-corrected chi connectivity index (χ4v) is 2.21. The molecule has 7 heteroatoms. The Morgan fingerprint density at radius 2 is 1.46 bits per heavy atom. The van der Waals surface area contributed by atoms with Crippen molar-refractivity contribution < 1.29 is 24.6 Å². The zero-order valence-corrected chi connectivity index (χ0v) is 14.2. The lowest BCUT2D eigenvalue weighted by molar-refractivity contribution is -0.159. The van der Waals surface area contributed by atoms with Crippen LogP contribution in [0.15, 0.2) is 54.6 Å². The van der Waals surface area contributed by atoms with Gasteiger partial charge in [0.2, 0.25) is 5.91 Å². The molecule has 5 N–H and O–H groups in total. The van der Waals surface area contributed by atoms with Crippen molar-refractivity contribution >= 4 is 17.8 Å². The minimum Gasteiger partial charge on any atom is -0.473 e. The first-order valence-corrected chi connectivity index (χ1v) is 8.00. The molecule has 0 aliphatic heterocycles. The van der Waals surface area contributed by atoms with Gasteiger partial charge in [-0.25, -0.2) is 9.59 Å². The number of primary amides is 1. The van der Waals surface area contributed by atoms with Crippen LogP contribution in [0.25, 0.3) is 0 Å². The molecule has 0 unspecified atom stereocenters.